The average molecular weight is 405 g/mol. The Kier molecular flexibility index (Phi) is 4.36. The molecule has 138 valence electrons. The third-order valence-corrected chi connectivity index (χ3v) is 5.35. The highest BCUT2D eigenvalue weighted by Gasteiger charge is 2.48. The molecule has 0 amide bonds. The van der Waals surface area contributed by atoms with Crippen LogP contribution < -0.4 is 4.74 Å². The van der Waals surface area contributed by atoms with E-state index in [9.17, 15) is 9.59 Å². The Hall–Kier alpha value is -2.51. The lowest BCUT2D eigenvalue weighted by Crippen LogP contribution is -2.13. The van der Waals surface area contributed by atoms with E-state index in [1.54, 1.807) is 12.1 Å². The number of fused-ring (bicyclic) bond motifs is 1. The van der Waals surface area contributed by atoms with Crippen LogP contribution in [-0.2, 0) is 16.6 Å². The number of nitrogens with zero attached hydrogens (tertiary/aromatic N) is 4. The van der Waals surface area contributed by atoms with Crippen LogP contribution in [0.25, 0.3) is 5.65 Å². The minimum Gasteiger partial charge on any atom is -0.493 e. The molecule has 3 aromatic heterocycles. The second-order valence-corrected chi connectivity index (χ2v) is 7.23. The van der Waals surface area contributed by atoms with Gasteiger partial charge in [0.1, 0.15) is 12.0 Å². The molecule has 27 heavy (non-hydrogen) atoms. The van der Waals surface area contributed by atoms with E-state index in [1.165, 1.54) is 24.0 Å². The van der Waals surface area contributed by atoms with E-state index >= 15 is 0 Å². The molecule has 0 aromatic carbocycles. The number of pyridine rings is 2. The Balaban J connectivity index is 1.79. The van der Waals surface area contributed by atoms with Crippen molar-refractivity contribution >= 4 is 40.9 Å². The third kappa shape index (κ3) is 2.96. The molecule has 0 aliphatic heterocycles. The molecule has 0 radical (unpaired) electrons. The van der Waals surface area contributed by atoms with Gasteiger partial charge in [-0.3, -0.25) is 9.78 Å². The topological polar surface area (TPSA) is 86.5 Å². The van der Waals surface area contributed by atoms with Gasteiger partial charge in [0.2, 0.25) is 0 Å². The molecule has 4 rings (SSSR count). The van der Waals surface area contributed by atoms with E-state index < -0.39 is 5.41 Å². The van der Waals surface area contributed by atoms with Gasteiger partial charge < -0.3 is 9.53 Å². The quantitative estimate of drug-likeness (QED) is 0.463. The van der Waals surface area contributed by atoms with Gasteiger partial charge in [-0.1, -0.05) is 23.2 Å². The molecule has 1 aliphatic rings. The minimum absolute atomic E-state index is 0.0182. The molecule has 0 N–H and O–H groups in total. The fraction of sp³-hybridized carbons (Fsp3) is 0.278. The number of carbonyl (C=O) groups excluding carboxylic acids is 2. The fourth-order valence-electron chi connectivity index (χ4n) is 2.91. The lowest BCUT2D eigenvalue weighted by atomic mass is 10.1. The van der Waals surface area contributed by atoms with Crippen molar-refractivity contribution in [3.8, 4) is 5.75 Å². The van der Waals surface area contributed by atoms with Gasteiger partial charge in [-0.25, -0.2) is 9.50 Å². The predicted molar refractivity (Wildman–Crippen MR) is 98.8 cm³/mol. The van der Waals surface area contributed by atoms with Crippen LogP contribution in [0.4, 0.5) is 0 Å². The van der Waals surface area contributed by atoms with Crippen molar-refractivity contribution in [3.63, 3.8) is 0 Å². The Morgan fingerprint density at radius 3 is 2.59 bits per heavy atom. The first-order valence-corrected chi connectivity index (χ1v) is 8.96. The largest absolute Gasteiger partial charge is 0.493 e. The maximum atomic E-state index is 12.9. The van der Waals surface area contributed by atoms with Crippen molar-refractivity contribution in [3.05, 3.63) is 51.7 Å². The molecule has 3 heterocycles. The minimum atomic E-state index is -0.658. The summed E-state index contributed by atoms with van der Waals surface area (Å²) in [5.74, 6) is 0.619. The van der Waals surface area contributed by atoms with Crippen LogP contribution in [0, 0.1) is 0 Å². The number of hydrogen-bond acceptors (Lipinski definition) is 6. The summed E-state index contributed by atoms with van der Waals surface area (Å²) < 4.78 is 6.75. The zero-order valence-corrected chi connectivity index (χ0v) is 15.8. The standard InChI is InChI=1S/C18H14Cl2N4O3/c1-27-15-3-2-13(14(26)6-10-11(19)7-21-8-12(10)20)24-16(15)22-17(23-24)18(9-25)4-5-18/h2-3,7-9H,4-6H2,1H3. The first-order chi connectivity index (χ1) is 13.0. The van der Waals surface area contributed by atoms with E-state index in [4.69, 9.17) is 27.9 Å². The Morgan fingerprint density at radius 1 is 1.30 bits per heavy atom. The van der Waals surface area contributed by atoms with Crippen molar-refractivity contribution in [2.45, 2.75) is 24.7 Å². The van der Waals surface area contributed by atoms with Crippen LogP contribution in [0.5, 0.6) is 5.75 Å². The molecule has 0 unspecified atom stereocenters. The summed E-state index contributed by atoms with van der Waals surface area (Å²) in [4.78, 5) is 32.7. The number of halogens is 2. The maximum absolute atomic E-state index is 12.9. The smallest absolute Gasteiger partial charge is 0.198 e. The molecule has 1 saturated carbocycles. The Morgan fingerprint density at radius 2 is 2.00 bits per heavy atom. The molecule has 7 nitrogen and oxygen atoms in total. The van der Waals surface area contributed by atoms with Gasteiger partial charge in [-0.05, 0) is 25.0 Å². The van der Waals surface area contributed by atoms with Crippen molar-refractivity contribution < 1.29 is 14.3 Å². The summed E-state index contributed by atoms with van der Waals surface area (Å²) in [5, 5.41) is 5.06. The third-order valence-electron chi connectivity index (χ3n) is 4.70. The number of aromatic nitrogens is 4. The molecule has 0 spiro atoms. The number of carbonyl (C=O) groups is 2. The monoisotopic (exact) mass is 404 g/mol. The summed E-state index contributed by atoms with van der Waals surface area (Å²) in [6.45, 7) is 0. The van der Waals surface area contributed by atoms with Gasteiger partial charge in [-0.15, -0.1) is 5.10 Å². The number of methoxy groups -OCH3 is 1. The maximum Gasteiger partial charge on any atom is 0.198 e. The van der Waals surface area contributed by atoms with Gasteiger partial charge in [0.05, 0.1) is 22.6 Å². The molecule has 3 aromatic rings. The Labute approximate surface area is 164 Å². The molecule has 0 atom stereocenters. The highest BCUT2D eigenvalue weighted by molar-refractivity contribution is 6.36. The molecular formula is C18H14Cl2N4O3. The number of aldehydes is 1. The predicted octanol–water partition coefficient (Wildman–Crippen LogP) is 3.10. The number of ketones is 1. The van der Waals surface area contributed by atoms with Gasteiger partial charge in [0, 0.05) is 24.4 Å². The fourth-order valence-corrected chi connectivity index (χ4v) is 3.41. The molecular weight excluding hydrogens is 391 g/mol. The molecule has 0 bridgehead atoms. The van der Waals surface area contributed by atoms with E-state index in [0.717, 1.165) is 6.29 Å². The van der Waals surface area contributed by atoms with E-state index in [2.05, 4.69) is 15.1 Å². The van der Waals surface area contributed by atoms with Gasteiger partial charge in [0.15, 0.2) is 23.0 Å². The number of hydrogen-bond donors (Lipinski definition) is 0. The summed E-state index contributed by atoms with van der Waals surface area (Å²) in [5.41, 5.74) is 0.525. The second kappa shape index (κ2) is 6.58. The molecule has 9 heteroatoms. The number of Topliss-reactive ketones (excluding diaryl/α,β-unsaturated/α-hetero) is 1. The summed E-state index contributed by atoms with van der Waals surface area (Å²) in [6, 6.07) is 3.26. The lowest BCUT2D eigenvalue weighted by Gasteiger charge is -2.08. The van der Waals surface area contributed by atoms with Crippen molar-refractivity contribution in [2.24, 2.45) is 0 Å². The van der Waals surface area contributed by atoms with Gasteiger partial charge in [-0.2, -0.15) is 0 Å². The molecule has 1 aliphatic carbocycles. The highest BCUT2D eigenvalue weighted by Crippen LogP contribution is 2.45. The summed E-state index contributed by atoms with van der Waals surface area (Å²) >= 11 is 12.3. The number of ether oxygens (including phenoxy) is 1. The van der Waals surface area contributed by atoms with Crippen LogP contribution in [0.2, 0.25) is 10.0 Å². The van der Waals surface area contributed by atoms with Gasteiger partial charge in [0.25, 0.3) is 0 Å². The molecule has 1 fully saturated rings. The SMILES string of the molecule is COc1ccc(C(=O)Cc2c(Cl)cncc2Cl)n2nc(C3(C=O)CC3)nc12. The van der Waals surface area contributed by atoms with Crippen LogP contribution in [0.1, 0.15) is 34.7 Å². The highest BCUT2D eigenvalue weighted by atomic mass is 35.5. The van der Waals surface area contributed by atoms with Crippen LogP contribution >= 0.6 is 23.2 Å². The lowest BCUT2D eigenvalue weighted by molar-refractivity contribution is -0.110. The van der Waals surface area contributed by atoms with Crippen LogP contribution in [-0.4, -0.2) is 38.8 Å². The first-order valence-electron chi connectivity index (χ1n) is 8.21. The van der Waals surface area contributed by atoms with E-state index in [1.807, 2.05) is 0 Å². The van der Waals surface area contributed by atoms with Crippen LogP contribution in [0.3, 0.4) is 0 Å². The normalized spacial score (nSPS) is 14.9. The Bertz CT molecular complexity index is 1060. The first kappa shape index (κ1) is 17.9. The summed E-state index contributed by atoms with van der Waals surface area (Å²) in [6.07, 6.45) is 5.12. The van der Waals surface area contributed by atoms with Crippen molar-refractivity contribution in [1.29, 1.82) is 0 Å². The zero-order chi connectivity index (χ0) is 19.2. The number of rotatable bonds is 6. The summed E-state index contributed by atoms with van der Waals surface area (Å²) in [7, 11) is 1.51. The van der Waals surface area contributed by atoms with Crippen molar-refractivity contribution in [1.82, 2.24) is 19.6 Å². The zero-order valence-electron chi connectivity index (χ0n) is 14.3. The van der Waals surface area contributed by atoms with Crippen molar-refractivity contribution in [2.75, 3.05) is 7.11 Å². The van der Waals surface area contributed by atoms with E-state index in [0.29, 0.717) is 51.4 Å². The van der Waals surface area contributed by atoms with E-state index in [-0.39, 0.29) is 12.2 Å². The van der Waals surface area contributed by atoms with Crippen LogP contribution in [0.15, 0.2) is 24.5 Å². The average Bonchev–Trinajstić information content (AvgIpc) is 3.34. The second-order valence-electron chi connectivity index (χ2n) is 6.41. The van der Waals surface area contributed by atoms with Gasteiger partial charge >= 0.3 is 0 Å². The molecule has 0 saturated heterocycles.